The smallest absolute Gasteiger partial charge is 0.151 e. The van der Waals surface area contributed by atoms with E-state index in [1.54, 1.807) is 0 Å². The summed E-state index contributed by atoms with van der Waals surface area (Å²) >= 11 is 0. The van der Waals surface area contributed by atoms with E-state index < -0.39 is 0 Å². The molecule has 1 aromatic rings. The van der Waals surface area contributed by atoms with Gasteiger partial charge in [-0.25, -0.2) is 0 Å². The minimum absolute atomic E-state index is 0.808. The minimum Gasteiger partial charge on any atom is -0.355 e. The molecule has 0 saturated carbocycles. The zero-order valence-electron chi connectivity index (χ0n) is 11.5. The Labute approximate surface area is 110 Å². The standard InChI is InChI=1S/C14H24N4/c1-3-5-12-8-9-18(11-12)14-7-6-13(16-17-14)10-15-4-2/h6-7,12,15H,3-5,8-11H2,1-2H3. The van der Waals surface area contributed by atoms with Crippen LogP contribution in [0.3, 0.4) is 0 Å². The number of anilines is 1. The molecule has 18 heavy (non-hydrogen) atoms. The van der Waals surface area contributed by atoms with Crippen molar-refractivity contribution in [3.05, 3.63) is 17.8 Å². The Morgan fingerprint density at radius 2 is 2.22 bits per heavy atom. The number of aromatic nitrogens is 2. The maximum atomic E-state index is 4.34. The molecule has 100 valence electrons. The first kappa shape index (κ1) is 13.3. The van der Waals surface area contributed by atoms with Gasteiger partial charge in [-0.2, -0.15) is 5.10 Å². The molecule has 0 bridgehead atoms. The van der Waals surface area contributed by atoms with Crippen LogP contribution in [-0.2, 0) is 6.54 Å². The third kappa shape index (κ3) is 3.42. The highest BCUT2D eigenvalue weighted by atomic mass is 15.3. The second kappa shape index (κ2) is 6.69. The van der Waals surface area contributed by atoms with Gasteiger partial charge in [0.05, 0.1) is 5.69 Å². The molecule has 4 nitrogen and oxygen atoms in total. The van der Waals surface area contributed by atoms with E-state index in [-0.39, 0.29) is 0 Å². The summed E-state index contributed by atoms with van der Waals surface area (Å²) in [6, 6.07) is 4.19. The summed E-state index contributed by atoms with van der Waals surface area (Å²) in [6.45, 7) is 8.41. The van der Waals surface area contributed by atoms with E-state index in [2.05, 4.69) is 46.4 Å². The average Bonchev–Trinajstić information content (AvgIpc) is 2.86. The summed E-state index contributed by atoms with van der Waals surface area (Å²) in [7, 11) is 0. The van der Waals surface area contributed by atoms with E-state index in [1.165, 1.54) is 19.3 Å². The number of rotatable bonds is 6. The third-order valence-corrected chi connectivity index (χ3v) is 3.57. The monoisotopic (exact) mass is 248 g/mol. The Kier molecular flexibility index (Phi) is 4.93. The van der Waals surface area contributed by atoms with Crippen molar-refractivity contribution in [1.82, 2.24) is 15.5 Å². The molecular weight excluding hydrogens is 224 g/mol. The Hall–Kier alpha value is -1.16. The summed E-state index contributed by atoms with van der Waals surface area (Å²) < 4.78 is 0. The highest BCUT2D eigenvalue weighted by Crippen LogP contribution is 2.24. The topological polar surface area (TPSA) is 41.0 Å². The maximum absolute atomic E-state index is 4.34. The van der Waals surface area contributed by atoms with Gasteiger partial charge in [-0.3, -0.25) is 0 Å². The molecule has 1 unspecified atom stereocenters. The molecular formula is C14H24N4. The summed E-state index contributed by atoms with van der Waals surface area (Å²) in [5, 5.41) is 11.9. The molecule has 0 spiro atoms. The highest BCUT2D eigenvalue weighted by molar-refractivity contribution is 5.38. The maximum Gasteiger partial charge on any atom is 0.151 e. The second-order valence-corrected chi connectivity index (χ2v) is 5.05. The average molecular weight is 248 g/mol. The van der Waals surface area contributed by atoms with Gasteiger partial charge in [0.1, 0.15) is 0 Å². The van der Waals surface area contributed by atoms with Crippen LogP contribution in [0.15, 0.2) is 12.1 Å². The second-order valence-electron chi connectivity index (χ2n) is 5.05. The van der Waals surface area contributed by atoms with Crippen molar-refractivity contribution in [2.24, 2.45) is 5.92 Å². The van der Waals surface area contributed by atoms with Gasteiger partial charge >= 0.3 is 0 Å². The minimum atomic E-state index is 0.808. The van der Waals surface area contributed by atoms with Crippen molar-refractivity contribution in [2.75, 3.05) is 24.5 Å². The van der Waals surface area contributed by atoms with Gasteiger partial charge in [0, 0.05) is 19.6 Å². The van der Waals surface area contributed by atoms with E-state index in [1.807, 2.05) is 0 Å². The van der Waals surface area contributed by atoms with E-state index in [0.717, 1.165) is 43.6 Å². The van der Waals surface area contributed by atoms with Crippen LogP contribution < -0.4 is 10.2 Å². The van der Waals surface area contributed by atoms with Crippen LogP contribution in [-0.4, -0.2) is 29.8 Å². The van der Waals surface area contributed by atoms with Gasteiger partial charge in [0.15, 0.2) is 5.82 Å². The lowest BCUT2D eigenvalue weighted by Crippen LogP contribution is -2.21. The van der Waals surface area contributed by atoms with Gasteiger partial charge in [-0.15, -0.1) is 5.10 Å². The molecule has 0 aromatic carbocycles. The van der Waals surface area contributed by atoms with Crippen molar-refractivity contribution < 1.29 is 0 Å². The van der Waals surface area contributed by atoms with Gasteiger partial charge < -0.3 is 10.2 Å². The Morgan fingerprint density at radius 3 is 2.89 bits per heavy atom. The summed E-state index contributed by atoms with van der Waals surface area (Å²) in [5.41, 5.74) is 1.02. The van der Waals surface area contributed by atoms with Crippen molar-refractivity contribution in [1.29, 1.82) is 0 Å². The van der Waals surface area contributed by atoms with Crippen LogP contribution in [0.4, 0.5) is 5.82 Å². The van der Waals surface area contributed by atoms with Gasteiger partial charge in [0.25, 0.3) is 0 Å². The van der Waals surface area contributed by atoms with Crippen molar-refractivity contribution in [3.8, 4) is 0 Å². The number of nitrogens with zero attached hydrogens (tertiary/aromatic N) is 3. The summed E-state index contributed by atoms with van der Waals surface area (Å²) in [4.78, 5) is 2.37. The molecule has 0 aliphatic carbocycles. The normalized spacial score (nSPS) is 19.4. The molecule has 2 heterocycles. The zero-order valence-corrected chi connectivity index (χ0v) is 11.5. The van der Waals surface area contributed by atoms with E-state index >= 15 is 0 Å². The van der Waals surface area contributed by atoms with Gasteiger partial charge in [-0.1, -0.05) is 20.3 Å². The Balaban J connectivity index is 1.90. The van der Waals surface area contributed by atoms with Crippen LogP contribution in [0.5, 0.6) is 0 Å². The molecule has 1 N–H and O–H groups in total. The lowest BCUT2D eigenvalue weighted by Gasteiger charge is -2.16. The largest absolute Gasteiger partial charge is 0.355 e. The van der Waals surface area contributed by atoms with E-state index in [0.29, 0.717) is 0 Å². The highest BCUT2D eigenvalue weighted by Gasteiger charge is 2.22. The predicted molar refractivity (Wildman–Crippen MR) is 74.6 cm³/mol. The molecule has 1 fully saturated rings. The number of hydrogen-bond donors (Lipinski definition) is 1. The van der Waals surface area contributed by atoms with Crippen LogP contribution in [0.2, 0.25) is 0 Å². The number of hydrogen-bond acceptors (Lipinski definition) is 4. The van der Waals surface area contributed by atoms with Crippen LogP contribution >= 0.6 is 0 Å². The molecule has 1 atom stereocenters. The molecule has 1 aliphatic heterocycles. The van der Waals surface area contributed by atoms with E-state index in [9.17, 15) is 0 Å². The fourth-order valence-corrected chi connectivity index (χ4v) is 2.55. The van der Waals surface area contributed by atoms with Crippen LogP contribution in [0.25, 0.3) is 0 Å². The Morgan fingerprint density at radius 1 is 1.33 bits per heavy atom. The van der Waals surface area contributed by atoms with E-state index in [4.69, 9.17) is 0 Å². The summed E-state index contributed by atoms with van der Waals surface area (Å²) in [5.74, 6) is 1.88. The first-order valence-corrected chi connectivity index (χ1v) is 7.11. The fourth-order valence-electron chi connectivity index (χ4n) is 2.55. The third-order valence-electron chi connectivity index (χ3n) is 3.57. The van der Waals surface area contributed by atoms with Crippen LogP contribution in [0.1, 0.15) is 38.8 Å². The molecule has 0 amide bonds. The number of nitrogens with one attached hydrogen (secondary N) is 1. The van der Waals surface area contributed by atoms with Crippen molar-refractivity contribution in [3.63, 3.8) is 0 Å². The zero-order chi connectivity index (χ0) is 12.8. The molecule has 2 rings (SSSR count). The quantitative estimate of drug-likeness (QED) is 0.838. The first-order chi connectivity index (χ1) is 8.83. The molecule has 1 aliphatic rings. The molecule has 1 aromatic heterocycles. The van der Waals surface area contributed by atoms with Gasteiger partial charge in [0.2, 0.25) is 0 Å². The van der Waals surface area contributed by atoms with Gasteiger partial charge in [-0.05, 0) is 37.4 Å². The Bertz CT molecular complexity index is 349. The molecule has 1 saturated heterocycles. The molecule has 4 heteroatoms. The SMILES string of the molecule is CCCC1CCN(c2ccc(CNCC)nn2)C1. The van der Waals surface area contributed by atoms with Crippen molar-refractivity contribution >= 4 is 5.82 Å². The first-order valence-electron chi connectivity index (χ1n) is 7.11. The lowest BCUT2D eigenvalue weighted by molar-refractivity contribution is 0.529. The fraction of sp³-hybridized carbons (Fsp3) is 0.714. The van der Waals surface area contributed by atoms with Crippen LogP contribution in [0, 0.1) is 5.92 Å². The predicted octanol–water partition coefficient (Wildman–Crippen LogP) is 2.21. The van der Waals surface area contributed by atoms with Crippen molar-refractivity contribution in [2.45, 2.75) is 39.7 Å². The molecule has 0 radical (unpaired) electrons. The summed E-state index contributed by atoms with van der Waals surface area (Å²) in [6.07, 6.45) is 3.92. The lowest BCUT2D eigenvalue weighted by atomic mass is 10.0.